The number of halogens is 1. The van der Waals surface area contributed by atoms with E-state index in [-0.39, 0.29) is 5.75 Å². The van der Waals surface area contributed by atoms with Crippen LogP contribution in [0.3, 0.4) is 0 Å². The van der Waals surface area contributed by atoms with E-state index in [0.717, 1.165) is 40.6 Å². The summed E-state index contributed by atoms with van der Waals surface area (Å²) < 4.78 is 3.54. The van der Waals surface area contributed by atoms with Gasteiger partial charge in [-0.2, -0.15) is 10.2 Å². The molecule has 8 nitrogen and oxygen atoms in total. The Balaban J connectivity index is 1.54. The fraction of sp³-hybridized carbons (Fsp3) is 0.364. The lowest BCUT2D eigenvalue weighted by atomic mass is 10.1. The number of phenols is 1. The lowest BCUT2D eigenvalue weighted by Crippen LogP contribution is -2.54. The molecule has 1 aliphatic rings. The van der Waals surface area contributed by atoms with Gasteiger partial charge < -0.3 is 20.6 Å². The SMILES string of the molecule is C[C@H]1CN(c2cc(Cl)c3c(Nc4cc5cn(C)nc5cc4O)nn(C)c3c2)C[C@H](C)N1. The Morgan fingerprint density at radius 3 is 2.58 bits per heavy atom. The molecule has 2 aromatic heterocycles. The van der Waals surface area contributed by atoms with Crippen molar-refractivity contribution in [3.8, 4) is 5.75 Å². The number of piperazine rings is 1. The van der Waals surface area contributed by atoms with Gasteiger partial charge in [-0.15, -0.1) is 0 Å². The summed E-state index contributed by atoms with van der Waals surface area (Å²) in [5.74, 6) is 0.719. The van der Waals surface area contributed by atoms with Crippen LogP contribution in [0.25, 0.3) is 21.8 Å². The molecule has 0 unspecified atom stereocenters. The number of aromatic hydroxyl groups is 1. The smallest absolute Gasteiger partial charge is 0.161 e. The second-order valence-electron chi connectivity index (χ2n) is 8.52. The largest absolute Gasteiger partial charge is 0.506 e. The Bertz CT molecular complexity index is 1280. The van der Waals surface area contributed by atoms with Crippen molar-refractivity contribution in [1.82, 2.24) is 24.9 Å². The Kier molecular flexibility index (Phi) is 4.71. The lowest BCUT2D eigenvalue weighted by molar-refractivity contribution is 0.407. The van der Waals surface area contributed by atoms with Gasteiger partial charge in [0.15, 0.2) is 5.82 Å². The number of rotatable bonds is 3. The molecule has 0 amide bonds. The molecule has 0 radical (unpaired) electrons. The molecule has 31 heavy (non-hydrogen) atoms. The van der Waals surface area contributed by atoms with Gasteiger partial charge in [0.05, 0.1) is 27.1 Å². The zero-order valence-electron chi connectivity index (χ0n) is 18.0. The number of aromatic nitrogens is 4. The van der Waals surface area contributed by atoms with E-state index in [4.69, 9.17) is 11.6 Å². The number of hydrogen-bond acceptors (Lipinski definition) is 6. The van der Waals surface area contributed by atoms with Crippen LogP contribution in [-0.2, 0) is 14.1 Å². The molecule has 1 saturated heterocycles. The summed E-state index contributed by atoms with van der Waals surface area (Å²) >= 11 is 6.77. The van der Waals surface area contributed by atoms with Crippen LogP contribution in [0.1, 0.15) is 13.8 Å². The maximum Gasteiger partial charge on any atom is 0.161 e. The molecule has 1 fully saturated rings. The van der Waals surface area contributed by atoms with Crippen LogP contribution in [0.5, 0.6) is 5.75 Å². The molecular weight excluding hydrogens is 414 g/mol. The van der Waals surface area contributed by atoms with Crippen molar-refractivity contribution in [2.75, 3.05) is 23.3 Å². The van der Waals surface area contributed by atoms with Gasteiger partial charge in [0.2, 0.25) is 0 Å². The molecule has 3 heterocycles. The highest BCUT2D eigenvalue weighted by molar-refractivity contribution is 6.37. The normalized spacial score (nSPS) is 19.5. The van der Waals surface area contributed by atoms with Gasteiger partial charge in [0.1, 0.15) is 5.75 Å². The first-order valence-corrected chi connectivity index (χ1v) is 10.8. The van der Waals surface area contributed by atoms with E-state index in [1.807, 2.05) is 37.1 Å². The fourth-order valence-electron chi connectivity index (χ4n) is 4.54. The predicted octanol–water partition coefficient (Wildman–Crippen LogP) is 3.75. The molecule has 0 saturated carbocycles. The first-order chi connectivity index (χ1) is 14.8. The Morgan fingerprint density at radius 2 is 1.84 bits per heavy atom. The zero-order valence-corrected chi connectivity index (χ0v) is 18.8. The van der Waals surface area contributed by atoms with E-state index in [0.29, 0.717) is 28.6 Å². The fourth-order valence-corrected chi connectivity index (χ4v) is 4.84. The molecule has 0 spiro atoms. The van der Waals surface area contributed by atoms with E-state index in [2.05, 4.69) is 45.6 Å². The van der Waals surface area contributed by atoms with Crippen LogP contribution < -0.4 is 15.5 Å². The average Bonchev–Trinajstić information content (AvgIpc) is 3.20. The first-order valence-electron chi connectivity index (χ1n) is 10.4. The third-order valence-electron chi connectivity index (χ3n) is 5.80. The van der Waals surface area contributed by atoms with E-state index in [1.54, 1.807) is 10.7 Å². The summed E-state index contributed by atoms with van der Waals surface area (Å²) in [6.45, 7) is 6.24. The number of aryl methyl sites for hydroxylation is 2. The highest BCUT2D eigenvalue weighted by Crippen LogP contribution is 2.38. The van der Waals surface area contributed by atoms with Crippen molar-refractivity contribution in [3.63, 3.8) is 0 Å². The molecule has 2 aromatic carbocycles. The van der Waals surface area contributed by atoms with Crippen molar-refractivity contribution >= 4 is 50.6 Å². The number of phenolic OH excluding ortho intramolecular Hbond substituents is 1. The molecule has 1 aliphatic heterocycles. The number of anilines is 3. The van der Waals surface area contributed by atoms with Gasteiger partial charge in [-0.05, 0) is 32.0 Å². The standard InChI is InChI=1S/C22H26ClN7O/c1-12-9-30(10-13(2)24-12)15-6-16(23)21-19(7-15)29(4)27-22(21)25-18-5-14-11-28(3)26-17(14)8-20(18)31/h5-8,11-13,24,31H,9-10H2,1-4H3,(H,25,27)/t12-,13-/m0/s1. The summed E-state index contributed by atoms with van der Waals surface area (Å²) in [7, 11) is 3.76. The summed E-state index contributed by atoms with van der Waals surface area (Å²) in [6.07, 6.45) is 1.91. The summed E-state index contributed by atoms with van der Waals surface area (Å²) in [5.41, 5.74) is 3.32. The van der Waals surface area contributed by atoms with Crippen molar-refractivity contribution < 1.29 is 5.11 Å². The number of benzene rings is 2. The zero-order chi connectivity index (χ0) is 21.9. The van der Waals surface area contributed by atoms with Gasteiger partial charge in [0, 0.05) is 62.6 Å². The van der Waals surface area contributed by atoms with Crippen LogP contribution in [0, 0.1) is 0 Å². The van der Waals surface area contributed by atoms with Gasteiger partial charge in [0.25, 0.3) is 0 Å². The van der Waals surface area contributed by atoms with Crippen LogP contribution >= 0.6 is 11.6 Å². The number of nitrogens with one attached hydrogen (secondary N) is 2. The second-order valence-corrected chi connectivity index (χ2v) is 8.93. The number of fused-ring (bicyclic) bond motifs is 2. The minimum absolute atomic E-state index is 0.113. The quantitative estimate of drug-likeness (QED) is 0.422. The van der Waals surface area contributed by atoms with E-state index in [9.17, 15) is 5.11 Å². The maximum absolute atomic E-state index is 10.5. The summed E-state index contributed by atoms with van der Waals surface area (Å²) in [5, 5.41) is 28.7. The summed E-state index contributed by atoms with van der Waals surface area (Å²) in [4.78, 5) is 2.36. The van der Waals surface area contributed by atoms with Crippen LogP contribution in [0.2, 0.25) is 5.02 Å². The number of hydrogen-bond donors (Lipinski definition) is 3. The molecular formula is C22H26ClN7O. The van der Waals surface area contributed by atoms with Crippen molar-refractivity contribution in [2.45, 2.75) is 25.9 Å². The van der Waals surface area contributed by atoms with Crippen LogP contribution in [0.15, 0.2) is 30.5 Å². The number of nitrogens with zero attached hydrogens (tertiary/aromatic N) is 5. The maximum atomic E-state index is 10.5. The first kappa shape index (κ1) is 20.0. The predicted molar refractivity (Wildman–Crippen MR) is 126 cm³/mol. The monoisotopic (exact) mass is 439 g/mol. The van der Waals surface area contributed by atoms with Crippen molar-refractivity contribution in [2.24, 2.45) is 14.1 Å². The van der Waals surface area contributed by atoms with E-state index >= 15 is 0 Å². The van der Waals surface area contributed by atoms with Crippen LogP contribution in [0.4, 0.5) is 17.2 Å². The Labute approximate surface area is 185 Å². The highest BCUT2D eigenvalue weighted by Gasteiger charge is 2.23. The summed E-state index contributed by atoms with van der Waals surface area (Å²) in [6, 6.07) is 8.47. The molecule has 4 aromatic rings. The minimum atomic E-state index is 0.113. The molecule has 9 heteroatoms. The highest BCUT2D eigenvalue weighted by atomic mass is 35.5. The lowest BCUT2D eigenvalue weighted by Gasteiger charge is -2.37. The average molecular weight is 440 g/mol. The molecule has 3 N–H and O–H groups in total. The van der Waals surface area contributed by atoms with Crippen LogP contribution in [-0.4, -0.2) is 49.8 Å². The second kappa shape index (κ2) is 7.32. The molecule has 0 bridgehead atoms. The van der Waals surface area contributed by atoms with Gasteiger partial charge >= 0.3 is 0 Å². The Morgan fingerprint density at radius 1 is 1.10 bits per heavy atom. The molecule has 2 atom stereocenters. The third kappa shape index (κ3) is 3.55. The van der Waals surface area contributed by atoms with E-state index in [1.165, 1.54) is 0 Å². The van der Waals surface area contributed by atoms with Gasteiger partial charge in [-0.3, -0.25) is 9.36 Å². The van der Waals surface area contributed by atoms with Crippen molar-refractivity contribution in [3.05, 3.63) is 35.5 Å². The minimum Gasteiger partial charge on any atom is -0.506 e. The topological polar surface area (TPSA) is 83.2 Å². The molecule has 0 aliphatic carbocycles. The van der Waals surface area contributed by atoms with Crippen molar-refractivity contribution in [1.29, 1.82) is 0 Å². The molecule has 162 valence electrons. The Hall–Kier alpha value is -2.97. The van der Waals surface area contributed by atoms with Gasteiger partial charge in [-0.1, -0.05) is 11.6 Å². The third-order valence-corrected chi connectivity index (χ3v) is 6.10. The van der Waals surface area contributed by atoms with E-state index < -0.39 is 0 Å². The molecule has 5 rings (SSSR count). The van der Waals surface area contributed by atoms with Gasteiger partial charge in [-0.25, -0.2) is 0 Å².